The number of aliphatic hydroxyl groups excluding tert-OH is 1. The number of hydrogen-bond donors (Lipinski definition) is 1. The smallest absolute Gasteiger partial charge is 0.0864 e. The number of pyridine rings is 1. The second-order valence-corrected chi connectivity index (χ2v) is 4.72. The lowest BCUT2D eigenvalue weighted by Gasteiger charge is -2.23. The van der Waals surface area contributed by atoms with Crippen LogP contribution in [0.3, 0.4) is 0 Å². The first kappa shape index (κ1) is 10.8. The zero-order valence-electron chi connectivity index (χ0n) is 8.44. The van der Waals surface area contributed by atoms with Gasteiger partial charge in [0.2, 0.25) is 0 Å². The fourth-order valence-corrected chi connectivity index (χ4v) is 2.44. The number of hydrogen-bond acceptors (Lipinski definition) is 2. The average molecular weight is 268 g/mol. The number of halogens is 1. The Morgan fingerprint density at radius 2 is 2.40 bits per heavy atom. The van der Waals surface area contributed by atoms with Gasteiger partial charge in [-0.3, -0.25) is 4.98 Å². The summed E-state index contributed by atoms with van der Waals surface area (Å²) < 4.78 is 0.886. The third-order valence-corrected chi connectivity index (χ3v) is 3.48. The van der Waals surface area contributed by atoms with Crippen LogP contribution in [0.4, 0.5) is 0 Å². The van der Waals surface area contributed by atoms with E-state index in [0.717, 1.165) is 22.9 Å². The van der Waals surface area contributed by atoms with Crippen LogP contribution in [-0.2, 0) is 0 Å². The Bertz CT molecular complexity index is 364. The lowest BCUT2D eigenvalue weighted by molar-refractivity contribution is 0.123. The van der Waals surface area contributed by atoms with E-state index in [1.54, 1.807) is 12.4 Å². The van der Waals surface area contributed by atoms with Gasteiger partial charge in [0.1, 0.15) is 0 Å². The van der Waals surface area contributed by atoms with Crippen molar-refractivity contribution in [2.24, 2.45) is 5.92 Å². The number of rotatable bonds is 2. The van der Waals surface area contributed by atoms with E-state index in [4.69, 9.17) is 0 Å². The molecule has 0 saturated heterocycles. The Balaban J connectivity index is 2.20. The largest absolute Gasteiger partial charge is 0.388 e. The standard InChI is InChI=1S/C12H14BrNO/c13-11-8-14-7-6-10(11)12(15)9-4-2-1-3-5-9/h2,4,6-9,12,15H,1,3,5H2. The van der Waals surface area contributed by atoms with Gasteiger partial charge in [-0.1, -0.05) is 12.2 Å². The molecule has 3 heteroatoms. The molecule has 1 aromatic rings. The number of nitrogens with zero attached hydrogens (tertiary/aromatic N) is 1. The maximum atomic E-state index is 10.2. The van der Waals surface area contributed by atoms with E-state index >= 15 is 0 Å². The Morgan fingerprint density at radius 1 is 1.53 bits per heavy atom. The van der Waals surface area contributed by atoms with E-state index < -0.39 is 6.10 Å². The Hall–Kier alpha value is -0.670. The van der Waals surface area contributed by atoms with Crippen molar-refractivity contribution in [3.05, 3.63) is 40.6 Å². The van der Waals surface area contributed by atoms with Crippen molar-refractivity contribution in [2.45, 2.75) is 25.4 Å². The van der Waals surface area contributed by atoms with Crippen LogP contribution >= 0.6 is 15.9 Å². The third kappa shape index (κ3) is 2.47. The highest BCUT2D eigenvalue weighted by Gasteiger charge is 2.21. The average Bonchev–Trinajstić information content (AvgIpc) is 2.30. The molecule has 1 heterocycles. The molecule has 2 atom stereocenters. The minimum atomic E-state index is -0.418. The van der Waals surface area contributed by atoms with Crippen molar-refractivity contribution >= 4 is 15.9 Å². The molecule has 2 nitrogen and oxygen atoms in total. The van der Waals surface area contributed by atoms with Gasteiger partial charge in [-0.05, 0) is 46.8 Å². The zero-order valence-corrected chi connectivity index (χ0v) is 10.0. The molecule has 0 bridgehead atoms. The second-order valence-electron chi connectivity index (χ2n) is 3.86. The monoisotopic (exact) mass is 267 g/mol. The van der Waals surface area contributed by atoms with Gasteiger partial charge in [0.05, 0.1) is 6.10 Å². The van der Waals surface area contributed by atoms with Gasteiger partial charge >= 0.3 is 0 Å². The van der Waals surface area contributed by atoms with Crippen molar-refractivity contribution in [1.29, 1.82) is 0 Å². The maximum Gasteiger partial charge on any atom is 0.0864 e. The van der Waals surface area contributed by atoms with Gasteiger partial charge in [0.15, 0.2) is 0 Å². The molecule has 15 heavy (non-hydrogen) atoms. The van der Waals surface area contributed by atoms with Gasteiger partial charge in [-0.25, -0.2) is 0 Å². The second kappa shape index (κ2) is 4.90. The van der Waals surface area contributed by atoms with Crippen LogP contribution in [0.5, 0.6) is 0 Å². The fraction of sp³-hybridized carbons (Fsp3) is 0.417. The van der Waals surface area contributed by atoms with Crippen LogP contribution in [0, 0.1) is 5.92 Å². The highest BCUT2D eigenvalue weighted by Crippen LogP contribution is 2.33. The predicted octanol–water partition coefficient (Wildman–Crippen LogP) is 3.23. The van der Waals surface area contributed by atoms with Gasteiger partial charge < -0.3 is 5.11 Å². The highest BCUT2D eigenvalue weighted by molar-refractivity contribution is 9.10. The molecule has 0 aromatic carbocycles. The number of aromatic nitrogens is 1. The Labute approximate surface area is 98.2 Å². The summed E-state index contributed by atoms with van der Waals surface area (Å²) in [5, 5.41) is 10.2. The molecule has 0 saturated carbocycles. The summed E-state index contributed by atoms with van der Waals surface area (Å²) in [4.78, 5) is 4.00. The summed E-state index contributed by atoms with van der Waals surface area (Å²) in [5.74, 6) is 0.248. The first-order valence-corrected chi connectivity index (χ1v) is 6.02. The summed E-state index contributed by atoms with van der Waals surface area (Å²) in [6.45, 7) is 0. The maximum absolute atomic E-state index is 10.2. The van der Waals surface area contributed by atoms with Gasteiger partial charge in [0, 0.05) is 22.8 Å². The summed E-state index contributed by atoms with van der Waals surface area (Å²) in [6.07, 6.45) is 10.7. The van der Waals surface area contributed by atoms with Crippen LogP contribution in [0.15, 0.2) is 35.1 Å². The molecule has 2 unspecified atom stereocenters. The minimum absolute atomic E-state index is 0.248. The molecule has 0 spiro atoms. The summed E-state index contributed by atoms with van der Waals surface area (Å²) >= 11 is 3.42. The molecule has 1 aliphatic rings. The molecule has 1 aromatic heterocycles. The minimum Gasteiger partial charge on any atom is -0.388 e. The van der Waals surface area contributed by atoms with Crippen molar-refractivity contribution in [3.8, 4) is 0 Å². The molecule has 0 radical (unpaired) electrons. The topological polar surface area (TPSA) is 33.1 Å². The molecule has 1 N–H and O–H groups in total. The first-order valence-electron chi connectivity index (χ1n) is 5.23. The predicted molar refractivity (Wildman–Crippen MR) is 63.4 cm³/mol. The van der Waals surface area contributed by atoms with E-state index in [0.29, 0.717) is 0 Å². The lowest BCUT2D eigenvalue weighted by Crippen LogP contribution is -2.13. The fourth-order valence-electron chi connectivity index (χ4n) is 1.96. The zero-order chi connectivity index (χ0) is 10.7. The number of aliphatic hydroxyl groups is 1. The van der Waals surface area contributed by atoms with E-state index in [1.165, 1.54) is 6.42 Å². The van der Waals surface area contributed by atoms with Crippen LogP contribution < -0.4 is 0 Å². The normalized spacial score (nSPS) is 22.7. The first-order chi connectivity index (χ1) is 7.29. The van der Waals surface area contributed by atoms with E-state index in [1.807, 2.05) is 6.07 Å². The van der Waals surface area contributed by atoms with Gasteiger partial charge in [-0.2, -0.15) is 0 Å². The van der Waals surface area contributed by atoms with Crippen LogP contribution in [0.2, 0.25) is 0 Å². The van der Waals surface area contributed by atoms with E-state index in [2.05, 4.69) is 33.1 Å². The lowest BCUT2D eigenvalue weighted by atomic mass is 9.88. The quantitative estimate of drug-likeness (QED) is 0.835. The highest BCUT2D eigenvalue weighted by atomic mass is 79.9. The Morgan fingerprint density at radius 3 is 3.07 bits per heavy atom. The van der Waals surface area contributed by atoms with Crippen LogP contribution in [0.1, 0.15) is 30.9 Å². The third-order valence-electron chi connectivity index (χ3n) is 2.82. The molecular weight excluding hydrogens is 254 g/mol. The summed E-state index contributed by atoms with van der Waals surface area (Å²) in [7, 11) is 0. The van der Waals surface area contributed by atoms with Crippen molar-refractivity contribution in [3.63, 3.8) is 0 Å². The van der Waals surface area contributed by atoms with Gasteiger partial charge in [-0.15, -0.1) is 0 Å². The summed E-state index contributed by atoms with van der Waals surface area (Å²) in [6, 6.07) is 1.87. The Kier molecular flexibility index (Phi) is 3.54. The molecule has 0 fully saturated rings. The number of allylic oxidation sites excluding steroid dienone is 1. The van der Waals surface area contributed by atoms with Crippen LogP contribution in [-0.4, -0.2) is 10.1 Å². The molecule has 1 aliphatic carbocycles. The van der Waals surface area contributed by atoms with Crippen molar-refractivity contribution < 1.29 is 5.11 Å². The molecule has 80 valence electrons. The van der Waals surface area contributed by atoms with Gasteiger partial charge in [0.25, 0.3) is 0 Å². The van der Waals surface area contributed by atoms with Crippen molar-refractivity contribution in [1.82, 2.24) is 4.98 Å². The van der Waals surface area contributed by atoms with E-state index in [9.17, 15) is 5.11 Å². The molecule has 0 amide bonds. The molecular formula is C12H14BrNO. The molecule has 0 aliphatic heterocycles. The van der Waals surface area contributed by atoms with E-state index in [-0.39, 0.29) is 5.92 Å². The molecule has 2 rings (SSSR count). The SMILES string of the molecule is OC(c1ccncc1Br)C1C=CCCC1. The summed E-state index contributed by atoms with van der Waals surface area (Å²) in [5.41, 5.74) is 0.932. The van der Waals surface area contributed by atoms with Crippen LogP contribution in [0.25, 0.3) is 0 Å². The van der Waals surface area contributed by atoms with Crippen molar-refractivity contribution in [2.75, 3.05) is 0 Å².